The van der Waals surface area contributed by atoms with E-state index in [-0.39, 0.29) is 31.1 Å². The van der Waals surface area contributed by atoms with Crippen molar-refractivity contribution in [1.29, 1.82) is 0 Å². The number of rotatable bonds is 65. The van der Waals surface area contributed by atoms with Crippen LogP contribution in [0.3, 0.4) is 0 Å². The van der Waals surface area contributed by atoms with Crippen LogP contribution in [0.2, 0.25) is 0 Å². The van der Waals surface area contributed by atoms with Crippen LogP contribution in [0, 0.1) is 0 Å². The van der Waals surface area contributed by atoms with E-state index in [2.05, 4.69) is 81.5 Å². The van der Waals surface area contributed by atoms with Gasteiger partial charge in [-0.05, 0) is 103 Å². The fourth-order valence-electron chi connectivity index (χ4n) is 10.4. The van der Waals surface area contributed by atoms with Crippen LogP contribution in [0.1, 0.15) is 374 Å². The summed E-state index contributed by atoms with van der Waals surface area (Å²) in [5, 5.41) is 0. The molecule has 80 heavy (non-hydrogen) atoms. The van der Waals surface area contributed by atoms with E-state index in [9.17, 15) is 14.4 Å². The van der Waals surface area contributed by atoms with E-state index in [4.69, 9.17) is 14.2 Å². The topological polar surface area (TPSA) is 78.9 Å². The first-order valence-corrected chi connectivity index (χ1v) is 35.3. The standard InChI is InChI=1S/C74H134O6/c1-4-7-10-13-16-19-22-24-26-28-29-30-31-32-33-34-35-36-37-38-39-40-41-42-43-44-45-47-48-50-52-55-58-61-64-67-73(76)79-70-71(69-78-72(75)66-63-60-57-54-21-18-15-12-9-6-3)80-74(77)68-65-62-59-56-53-51-49-46-27-25-23-20-17-14-11-8-5-2/h12,15,17,20,22,24-25,27-29,71H,4-11,13-14,16,18-19,21,23,26,30-70H2,1-3H3/b15-12-,20-17-,24-22-,27-25-,29-28-. The van der Waals surface area contributed by atoms with Gasteiger partial charge in [0.15, 0.2) is 6.10 Å². The Kier molecular flexibility index (Phi) is 66.1. The molecule has 0 aliphatic carbocycles. The molecule has 0 aliphatic rings. The van der Waals surface area contributed by atoms with Gasteiger partial charge < -0.3 is 14.2 Å². The molecule has 1 atom stereocenters. The van der Waals surface area contributed by atoms with E-state index in [0.717, 1.165) is 89.9 Å². The first kappa shape index (κ1) is 77.1. The SMILES string of the molecule is CCC/C=C\CCCCCCCC(=O)OCC(COC(=O)CCCCCCCCCCCCCCCCCCCCCCCCC/C=C\C/C=C\CCCCCCC)OC(=O)CCCCCCCCC/C=C\C/C=C\CCCCC. The minimum Gasteiger partial charge on any atom is -0.462 e. The molecule has 0 bridgehead atoms. The molecule has 0 aromatic rings. The summed E-state index contributed by atoms with van der Waals surface area (Å²) in [6, 6.07) is 0. The van der Waals surface area contributed by atoms with Crippen LogP contribution in [0.5, 0.6) is 0 Å². The summed E-state index contributed by atoms with van der Waals surface area (Å²) in [7, 11) is 0. The monoisotopic (exact) mass is 1120 g/mol. The number of carbonyl (C=O) groups is 3. The van der Waals surface area contributed by atoms with Crippen LogP contribution >= 0.6 is 0 Å². The molecule has 1 unspecified atom stereocenters. The van der Waals surface area contributed by atoms with Crippen LogP contribution in [0.4, 0.5) is 0 Å². The van der Waals surface area contributed by atoms with Crippen LogP contribution in [0.15, 0.2) is 60.8 Å². The van der Waals surface area contributed by atoms with Gasteiger partial charge in [0.1, 0.15) is 13.2 Å². The maximum Gasteiger partial charge on any atom is 0.306 e. The highest BCUT2D eigenvalue weighted by atomic mass is 16.6. The highest BCUT2D eigenvalue weighted by Gasteiger charge is 2.19. The van der Waals surface area contributed by atoms with Crippen molar-refractivity contribution in [2.75, 3.05) is 13.2 Å². The Morgan fingerprint density at radius 3 is 0.775 bits per heavy atom. The Labute approximate surface area is 498 Å². The average Bonchev–Trinajstić information content (AvgIpc) is 3.46. The van der Waals surface area contributed by atoms with Gasteiger partial charge in [0.2, 0.25) is 0 Å². The lowest BCUT2D eigenvalue weighted by Gasteiger charge is -2.18. The largest absolute Gasteiger partial charge is 0.462 e. The highest BCUT2D eigenvalue weighted by Crippen LogP contribution is 2.18. The van der Waals surface area contributed by atoms with Crippen LogP contribution < -0.4 is 0 Å². The maximum absolute atomic E-state index is 12.9. The van der Waals surface area contributed by atoms with Gasteiger partial charge in [-0.15, -0.1) is 0 Å². The molecule has 0 saturated carbocycles. The van der Waals surface area contributed by atoms with Crippen molar-refractivity contribution >= 4 is 17.9 Å². The number of hydrogen-bond donors (Lipinski definition) is 0. The number of hydrogen-bond acceptors (Lipinski definition) is 6. The van der Waals surface area contributed by atoms with Crippen molar-refractivity contribution < 1.29 is 28.6 Å². The number of esters is 3. The van der Waals surface area contributed by atoms with Crippen molar-refractivity contribution in [3.63, 3.8) is 0 Å². The fraction of sp³-hybridized carbons (Fsp3) is 0.824. The maximum atomic E-state index is 12.9. The molecular weight excluding hydrogens is 985 g/mol. The summed E-state index contributed by atoms with van der Waals surface area (Å²) in [5.74, 6) is -0.877. The number of ether oxygens (including phenoxy) is 3. The van der Waals surface area contributed by atoms with Gasteiger partial charge in [-0.3, -0.25) is 14.4 Å². The van der Waals surface area contributed by atoms with Gasteiger partial charge in [-0.1, -0.05) is 313 Å². The molecule has 0 aromatic carbocycles. The van der Waals surface area contributed by atoms with Gasteiger partial charge in [0.05, 0.1) is 0 Å². The molecule has 0 heterocycles. The van der Waals surface area contributed by atoms with Crippen molar-refractivity contribution in [2.45, 2.75) is 380 Å². The first-order valence-electron chi connectivity index (χ1n) is 35.3. The van der Waals surface area contributed by atoms with Crippen molar-refractivity contribution in [1.82, 2.24) is 0 Å². The Morgan fingerprint density at radius 1 is 0.250 bits per heavy atom. The van der Waals surface area contributed by atoms with E-state index < -0.39 is 6.10 Å². The van der Waals surface area contributed by atoms with E-state index in [0.29, 0.717) is 19.3 Å². The second-order valence-electron chi connectivity index (χ2n) is 23.8. The molecule has 466 valence electrons. The summed E-state index contributed by atoms with van der Waals surface area (Å²) in [5.41, 5.74) is 0. The lowest BCUT2D eigenvalue weighted by atomic mass is 10.0. The summed E-state index contributed by atoms with van der Waals surface area (Å²) in [6.45, 7) is 6.57. The average molecular weight is 1120 g/mol. The smallest absolute Gasteiger partial charge is 0.306 e. The molecule has 0 fully saturated rings. The highest BCUT2D eigenvalue weighted by molar-refractivity contribution is 5.71. The molecule has 0 N–H and O–H groups in total. The summed E-state index contributed by atoms with van der Waals surface area (Å²) >= 11 is 0. The van der Waals surface area contributed by atoms with Gasteiger partial charge in [0, 0.05) is 19.3 Å². The van der Waals surface area contributed by atoms with Crippen molar-refractivity contribution in [3.8, 4) is 0 Å². The molecule has 0 aliphatic heterocycles. The van der Waals surface area contributed by atoms with E-state index >= 15 is 0 Å². The third-order valence-corrected chi connectivity index (χ3v) is 15.7. The molecular formula is C74H134O6. The minimum absolute atomic E-state index is 0.0763. The zero-order chi connectivity index (χ0) is 57.8. The predicted octanol–water partition coefficient (Wildman–Crippen LogP) is 24.3. The van der Waals surface area contributed by atoms with Crippen LogP contribution in [0.25, 0.3) is 0 Å². The Bertz CT molecular complexity index is 1430. The zero-order valence-electron chi connectivity index (χ0n) is 53.6. The third kappa shape index (κ3) is 65.9. The minimum atomic E-state index is -0.780. The molecule has 0 spiro atoms. The van der Waals surface area contributed by atoms with Crippen molar-refractivity contribution in [3.05, 3.63) is 60.8 Å². The number of allylic oxidation sites excluding steroid dienone is 10. The molecule has 0 rings (SSSR count). The molecule has 0 amide bonds. The Morgan fingerprint density at radius 2 is 0.475 bits per heavy atom. The quantitative estimate of drug-likeness (QED) is 0.0261. The lowest BCUT2D eigenvalue weighted by Crippen LogP contribution is -2.30. The van der Waals surface area contributed by atoms with Crippen molar-refractivity contribution in [2.24, 2.45) is 0 Å². The summed E-state index contributed by atoms with van der Waals surface area (Å²) < 4.78 is 16.9. The third-order valence-electron chi connectivity index (χ3n) is 15.7. The Balaban J connectivity index is 4.03. The van der Waals surface area contributed by atoms with Gasteiger partial charge in [0.25, 0.3) is 0 Å². The van der Waals surface area contributed by atoms with E-state index in [1.165, 1.54) is 244 Å². The second kappa shape index (κ2) is 68.6. The van der Waals surface area contributed by atoms with E-state index in [1.807, 2.05) is 0 Å². The van der Waals surface area contributed by atoms with Gasteiger partial charge >= 0.3 is 17.9 Å². The number of carbonyl (C=O) groups excluding carboxylic acids is 3. The fourth-order valence-corrected chi connectivity index (χ4v) is 10.4. The molecule has 6 heteroatoms. The van der Waals surface area contributed by atoms with Crippen LogP contribution in [-0.4, -0.2) is 37.2 Å². The molecule has 0 aromatic heterocycles. The zero-order valence-corrected chi connectivity index (χ0v) is 53.6. The summed E-state index contributed by atoms with van der Waals surface area (Å²) in [4.78, 5) is 38.2. The van der Waals surface area contributed by atoms with Gasteiger partial charge in [-0.2, -0.15) is 0 Å². The normalized spacial score (nSPS) is 12.4. The van der Waals surface area contributed by atoms with E-state index in [1.54, 1.807) is 0 Å². The summed E-state index contributed by atoms with van der Waals surface area (Å²) in [6.07, 6.45) is 88.5. The predicted molar refractivity (Wildman–Crippen MR) is 348 cm³/mol. The molecule has 0 saturated heterocycles. The molecule has 6 nitrogen and oxygen atoms in total. The Hall–Kier alpha value is -2.89. The number of unbranched alkanes of at least 4 members (excludes halogenated alkanes) is 44. The second-order valence-corrected chi connectivity index (χ2v) is 23.8. The van der Waals surface area contributed by atoms with Gasteiger partial charge in [-0.25, -0.2) is 0 Å². The van der Waals surface area contributed by atoms with Crippen LogP contribution in [-0.2, 0) is 28.6 Å². The first-order chi connectivity index (χ1) is 39.5. The molecule has 0 radical (unpaired) electrons. The lowest BCUT2D eigenvalue weighted by molar-refractivity contribution is -0.167.